The monoisotopic (exact) mass is 289 g/mol. The number of hydrogen-bond acceptors (Lipinski definition) is 3. The minimum absolute atomic E-state index is 0.292. The Kier molecular flexibility index (Phi) is 4.92. The summed E-state index contributed by atoms with van der Waals surface area (Å²) in [6.45, 7) is 4.15. The van der Waals surface area contributed by atoms with Crippen LogP contribution in [0.25, 0.3) is 0 Å². The zero-order valence-electron chi connectivity index (χ0n) is 11.6. The molecule has 108 valence electrons. The van der Waals surface area contributed by atoms with E-state index < -0.39 is 20.9 Å². The highest BCUT2D eigenvalue weighted by Crippen LogP contribution is 2.26. The van der Waals surface area contributed by atoms with E-state index in [0.717, 1.165) is 0 Å². The smallest absolute Gasteiger partial charge is 0.214 e. The van der Waals surface area contributed by atoms with Gasteiger partial charge in [0.15, 0.2) is 0 Å². The highest BCUT2D eigenvalue weighted by Gasteiger charge is 2.28. The average Bonchev–Trinajstić information content (AvgIpc) is 2.36. The molecule has 0 saturated heterocycles. The van der Waals surface area contributed by atoms with Crippen LogP contribution < -0.4 is 9.46 Å². The molecule has 6 heteroatoms. The summed E-state index contributed by atoms with van der Waals surface area (Å²) >= 11 is 0. The maximum absolute atomic E-state index is 14.5. The zero-order chi connectivity index (χ0) is 14.7. The molecule has 0 fully saturated rings. The molecule has 1 aromatic carbocycles. The number of halogens is 1. The summed E-state index contributed by atoms with van der Waals surface area (Å²) in [5.74, 6) is 0.627. The van der Waals surface area contributed by atoms with Crippen LogP contribution in [0, 0.1) is 0 Å². The fourth-order valence-electron chi connectivity index (χ4n) is 1.44. The summed E-state index contributed by atoms with van der Waals surface area (Å²) in [7, 11) is -1.94. The van der Waals surface area contributed by atoms with Crippen LogP contribution in [0.3, 0.4) is 0 Å². The van der Waals surface area contributed by atoms with Crippen molar-refractivity contribution in [3.05, 3.63) is 29.8 Å². The number of sulfonamides is 1. The van der Waals surface area contributed by atoms with Crippen molar-refractivity contribution in [2.45, 2.75) is 31.7 Å². The van der Waals surface area contributed by atoms with E-state index in [-0.39, 0.29) is 6.54 Å². The molecule has 0 radical (unpaired) electrons. The SMILES string of the molecule is COc1ccc(C(C)(F)CNS(=O)(=O)C(C)C)cc1. The Morgan fingerprint density at radius 3 is 2.26 bits per heavy atom. The molecule has 0 aliphatic carbocycles. The van der Waals surface area contributed by atoms with E-state index in [1.54, 1.807) is 38.1 Å². The van der Waals surface area contributed by atoms with Crippen molar-refractivity contribution in [3.8, 4) is 5.75 Å². The minimum Gasteiger partial charge on any atom is -0.497 e. The molecule has 0 aromatic heterocycles. The second-order valence-corrected chi connectivity index (χ2v) is 7.16. The lowest BCUT2D eigenvalue weighted by atomic mass is 9.98. The van der Waals surface area contributed by atoms with Crippen LogP contribution in [0.2, 0.25) is 0 Å². The first kappa shape index (κ1) is 15.9. The largest absolute Gasteiger partial charge is 0.497 e. The lowest BCUT2D eigenvalue weighted by molar-refractivity contribution is 0.196. The second-order valence-electron chi connectivity index (χ2n) is 4.84. The molecule has 0 bridgehead atoms. The predicted molar refractivity (Wildman–Crippen MR) is 73.5 cm³/mol. The first-order chi connectivity index (χ1) is 8.69. The number of rotatable bonds is 6. The highest BCUT2D eigenvalue weighted by molar-refractivity contribution is 7.90. The van der Waals surface area contributed by atoms with E-state index in [0.29, 0.717) is 11.3 Å². The Morgan fingerprint density at radius 2 is 1.84 bits per heavy atom. The van der Waals surface area contributed by atoms with Gasteiger partial charge >= 0.3 is 0 Å². The topological polar surface area (TPSA) is 55.4 Å². The van der Waals surface area contributed by atoms with Gasteiger partial charge in [0.1, 0.15) is 11.4 Å². The van der Waals surface area contributed by atoms with Crippen LogP contribution in [0.15, 0.2) is 24.3 Å². The van der Waals surface area contributed by atoms with Crippen molar-refractivity contribution >= 4 is 10.0 Å². The molecule has 1 unspecified atom stereocenters. The molecule has 1 aromatic rings. The molecule has 0 saturated carbocycles. The average molecular weight is 289 g/mol. The Bertz CT molecular complexity index is 509. The van der Waals surface area contributed by atoms with Gasteiger partial charge in [-0.3, -0.25) is 0 Å². The van der Waals surface area contributed by atoms with Crippen LogP contribution in [0.5, 0.6) is 5.75 Å². The summed E-state index contributed by atoms with van der Waals surface area (Å²) in [4.78, 5) is 0. The van der Waals surface area contributed by atoms with Gasteiger partial charge in [0, 0.05) is 6.54 Å². The molecular formula is C13H20FNO3S. The van der Waals surface area contributed by atoms with Crippen LogP contribution >= 0.6 is 0 Å². The fourth-order valence-corrected chi connectivity index (χ4v) is 2.25. The number of ether oxygens (including phenoxy) is 1. The molecule has 0 aliphatic rings. The van der Waals surface area contributed by atoms with Gasteiger partial charge in [-0.15, -0.1) is 0 Å². The van der Waals surface area contributed by atoms with Gasteiger partial charge in [-0.25, -0.2) is 17.5 Å². The summed E-state index contributed by atoms with van der Waals surface area (Å²) in [5, 5.41) is -0.584. The van der Waals surface area contributed by atoms with Gasteiger partial charge in [-0.2, -0.15) is 0 Å². The Morgan fingerprint density at radius 1 is 1.32 bits per heavy atom. The lowest BCUT2D eigenvalue weighted by Gasteiger charge is -2.22. The number of hydrogen-bond donors (Lipinski definition) is 1. The highest BCUT2D eigenvalue weighted by atomic mass is 32.2. The van der Waals surface area contributed by atoms with Crippen molar-refractivity contribution < 1.29 is 17.5 Å². The van der Waals surface area contributed by atoms with Crippen LogP contribution in [-0.2, 0) is 15.7 Å². The standard InChI is InChI=1S/C13H20FNO3S/c1-10(2)19(16,17)15-9-13(3,14)11-5-7-12(18-4)8-6-11/h5-8,10,15H,9H2,1-4H3. The van der Waals surface area contributed by atoms with E-state index in [4.69, 9.17) is 4.74 Å². The van der Waals surface area contributed by atoms with Crippen LogP contribution in [0.1, 0.15) is 26.3 Å². The normalized spacial score (nSPS) is 15.3. The van der Waals surface area contributed by atoms with E-state index in [1.807, 2.05) is 0 Å². The summed E-state index contributed by atoms with van der Waals surface area (Å²) in [5.41, 5.74) is -1.37. The van der Waals surface area contributed by atoms with Crippen molar-refractivity contribution in [1.82, 2.24) is 4.72 Å². The molecule has 0 heterocycles. The minimum atomic E-state index is -3.47. The number of methoxy groups -OCH3 is 1. The molecule has 0 aliphatic heterocycles. The predicted octanol–water partition coefficient (Wildman–Crippen LogP) is 2.21. The lowest BCUT2D eigenvalue weighted by Crippen LogP contribution is -2.39. The van der Waals surface area contributed by atoms with Crippen molar-refractivity contribution in [3.63, 3.8) is 0 Å². The molecule has 19 heavy (non-hydrogen) atoms. The maximum atomic E-state index is 14.5. The molecule has 1 N–H and O–H groups in total. The fraction of sp³-hybridized carbons (Fsp3) is 0.538. The van der Waals surface area contributed by atoms with Gasteiger partial charge < -0.3 is 4.74 Å². The van der Waals surface area contributed by atoms with Gasteiger partial charge in [-0.05, 0) is 38.5 Å². The number of benzene rings is 1. The Balaban J connectivity index is 2.80. The summed E-state index contributed by atoms with van der Waals surface area (Å²) < 4.78 is 45.0. The first-order valence-corrected chi connectivity index (χ1v) is 7.55. The molecular weight excluding hydrogens is 269 g/mol. The van der Waals surface area contributed by atoms with Crippen LogP contribution in [0.4, 0.5) is 4.39 Å². The molecule has 1 atom stereocenters. The van der Waals surface area contributed by atoms with Crippen LogP contribution in [-0.4, -0.2) is 27.3 Å². The summed E-state index contributed by atoms with van der Waals surface area (Å²) in [6, 6.07) is 6.46. The number of nitrogens with one attached hydrogen (secondary N) is 1. The van der Waals surface area contributed by atoms with Gasteiger partial charge in [-0.1, -0.05) is 12.1 Å². The zero-order valence-corrected chi connectivity index (χ0v) is 12.4. The van der Waals surface area contributed by atoms with Crippen molar-refractivity contribution in [2.24, 2.45) is 0 Å². The molecule has 1 rings (SSSR count). The van der Waals surface area contributed by atoms with Gasteiger partial charge in [0.25, 0.3) is 0 Å². The third kappa shape index (κ3) is 4.18. The first-order valence-electron chi connectivity index (χ1n) is 6.01. The van der Waals surface area contributed by atoms with Gasteiger partial charge in [0.05, 0.1) is 12.4 Å². The quantitative estimate of drug-likeness (QED) is 0.873. The van der Waals surface area contributed by atoms with Crippen molar-refractivity contribution in [2.75, 3.05) is 13.7 Å². The van der Waals surface area contributed by atoms with Gasteiger partial charge in [0.2, 0.25) is 10.0 Å². The third-order valence-electron chi connectivity index (χ3n) is 2.92. The number of alkyl halides is 1. The van der Waals surface area contributed by atoms with Crippen molar-refractivity contribution in [1.29, 1.82) is 0 Å². The maximum Gasteiger partial charge on any atom is 0.214 e. The van der Waals surface area contributed by atoms with E-state index in [2.05, 4.69) is 4.72 Å². The molecule has 0 spiro atoms. The van der Waals surface area contributed by atoms with E-state index in [9.17, 15) is 12.8 Å². The third-order valence-corrected chi connectivity index (χ3v) is 4.71. The van der Waals surface area contributed by atoms with E-state index >= 15 is 0 Å². The summed E-state index contributed by atoms with van der Waals surface area (Å²) in [6.07, 6.45) is 0. The second kappa shape index (κ2) is 5.88. The Hall–Kier alpha value is -1.14. The molecule has 4 nitrogen and oxygen atoms in total. The Labute approximate surface area is 114 Å². The van der Waals surface area contributed by atoms with E-state index in [1.165, 1.54) is 14.0 Å². The molecule has 0 amide bonds.